The second-order valence-electron chi connectivity index (χ2n) is 2.79. The molecule has 0 heterocycles. The van der Waals surface area contributed by atoms with Crippen molar-refractivity contribution in [3.8, 4) is 0 Å². The van der Waals surface area contributed by atoms with Gasteiger partial charge in [0, 0.05) is 22.8 Å². The molecule has 1 nitrogen and oxygen atoms in total. The molecule has 1 aromatic carbocycles. The molecule has 0 atom stereocenters. The molecule has 0 N–H and O–H groups in total. The molecular formula is C10H10Cl2OS. The van der Waals surface area contributed by atoms with E-state index in [1.54, 1.807) is 30.0 Å². The minimum Gasteiger partial charge on any atom is -0.294 e. The highest BCUT2D eigenvalue weighted by atomic mass is 35.5. The fraction of sp³-hybridized carbons (Fsp3) is 0.300. The third-order valence-electron chi connectivity index (χ3n) is 1.76. The van der Waals surface area contributed by atoms with Crippen molar-refractivity contribution in [2.24, 2.45) is 0 Å². The Labute approximate surface area is 97.8 Å². The van der Waals surface area contributed by atoms with Crippen LogP contribution in [0.2, 0.25) is 10.0 Å². The summed E-state index contributed by atoms with van der Waals surface area (Å²) in [5.74, 6) is 0.855. The minimum absolute atomic E-state index is 0.0480. The Morgan fingerprint density at radius 2 is 2.14 bits per heavy atom. The number of Topliss-reactive ketones (excluding diaryl/α,β-unsaturated/α-hetero) is 1. The number of carbonyl (C=O) groups excluding carboxylic acids is 1. The Kier molecular flexibility index (Phi) is 4.79. The van der Waals surface area contributed by atoms with Gasteiger partial charge >= 0.3 is 0 Å². The topological polar surface area (TPSA) is 17.1 Å². The molecule has 0 spiro atoms. The maximum Gasteiger partial charge on any atom is 0.165 e. The molecule has 4 heteroatoms. The van der Waals surface area contributed by atoms with Crippen LogP contribution in [-0.2, 0) is 0 Å². The lowest BCUT2D eigenvalue weighted by Crippen LogP contribution is -2.01. The molecule has 76 valence electrons. The van der Waals surface area contributed by atoms with Crippen molar-refractivity contribution in [3.05, 3.63) is 33.8 Å². The number of benzene rings is 1. The Morgan fingerprint density at radius 1 is 1.43 bits per heavy atom. The first-order valence-electron chi connectivity index (χ1n) is 4.12. The van der Waals surface area contributed by atoms with E-state index in [1.165, 1.54) is 0 Å². The van der Waals surface area contributed by atoms with Crippen LogP contribution < -0.4 is 0 Å². The molecule has 0 aliphatic carbocycles. The second kappa shape index (κ2) is 5.64. The fourth-order valence-corrected chi connectivity index (χ4v) is 1.83. The van der Waals surface area contributed by atoms with Gasteiger partial charge in [-0.3, -0.25) is 4.79 Å². The van der Waals surface area contributed by atoms with Crippen molar-refractivity contribution in [1.29, 1.82) is 0 Å². The third kappa shape index (κ3) is 3.19. The van der Waals surface area contributed by atoms with Crippen LogP contribution in [0.1, 0.15) is 16.8 Å². The number of rotatable bonds is 4. The number of thioether (sulfide) groups is 1. The average molecular weight is 249 g/mol. The molecule has 0 unspecified atom stereocenters. The first kappa shape index (κ1) is 11.9. The fourth-order valence-electron chi connectivity index (χ4n) is 1.04. The molecule has 0 saturated carbocycles. The van der Waals surface area contributed by atoms with E-state index in [2.05, 4.69) is 0 Å². The summed E-state index contributed by atoms with van der Waals surface area (Å²) in [6, 6.07) is 4.94. The zero-order valence-electron chi connectivity index (χ0n) is 7.72. The van der Waals surface area contributed by atoms with Crippen LogP contribution >= 0.6 is 35.0 Å². The van der Waals surface area contributed by atoms with Crippen molar-refractivity contribution >= 4 is 40.7 Å². The molecule has 0 bridgehead atoms. The smallest absolute Gasteiger partial charge is 0.165 e. The van der Waals surface area contributed by atoms with E-state index in [9.17, 15) is 4.79 Å². The maximum absolute atomic E-state index is 11.6. The summed E-state index contributed by atoms with van der Waals surface area (Å²) in [6.07, 6.45) is 2.47. The summed E-state index contributed by atoms with van der Waals surface area (Å²) in [5, 5.41) is 1.02. The van der Waals surface area contributed by atoms with E-state index in [4.69, 9.17) is 23.2 Å². The summed E-state index contributed by atoms with van der Waals surface area (Å²) in [6.45, 7) is 0. The van der Waals surface area contributed by atoms with E-state index in [1.807, 2.05) is 6.26 Å². The Bertz CT molecular complexity index is 339. The van der Waals surface area contributed by atoms with Gasteiger partial charge in [-0.15, -0.1) is 0 Å². The number of hydrogen-bond donors (Lipinski definition) is 0. The van der Waals surface area contributed by atoms with Gasteiger partial charge in [-0.2, -0.15) is 11.8 Å². The Morgan fingerprint density at radius 3 is 2.79 bits per heavy atom. The predicted molar refractivity (Wildman–Crippen MR) is 63.8 cm³/mol. The molecule has 0 aliphatic heterocycles. The summed E-state index contributed by atoms with van der Waals surface area (Å²) in [5.41, 5.74) is 0.521. The SMILES string of the molecule is CSCCC(=O)c1cc(Cl)ccc1Cl. The van der Waals surface area contributed by atoms with Crippen molar-refractivity contribution in [2.75, 3.05) is 12.0 Å². The van der Waals surface area contributed by atoms with Gasteiger partial charge < -0.3 is 0 Å². The molecule has 1 aromatic rings. The highest BCUT2D eigenvalue weighted by molar-refractivity contribution is 7.98. The zero-order chi connectivity index (χ0) is 10.6. The van der Waals surface area contributed by atoms with Gasteiger partial charge in [0.05, 0.1) is 5.02 Å². The molecule has 0 aromatic heterocycles. The molecule has 0 amide bonds. The summed E-state index contributed by atoms with van der Waals surface area (Å²) >= 11 is 13.3. The average Bonchev–Trinajstić information content (AvgIpc) is 2.18. The molecule has 0 fully saturated rings. The Hall–Kier alpha value is -0.180. The maximum atomic E-state index is 11.6. The van der Waals surface area contributed by atoms with Gasteiger partial charge in [-0.1, -0.05) is 23.2 Å². The Balaban J connectivity index is 2.83. The normalized spacial score (nSPS) is 10.2. The molecule has 14 heavy (non-hydrogen) atoms. The molecule has 0 aliphatic rings. The van der Waals surface area contributed by atoms with Gasteiger partial charge in [0.2, 0.25) is 0 Å². The highest BCUT2D eigenvalue weighted by Crippen LogP contribution is 2.22. The first-order chi connectivity index (χ1) is 6.65. The van der Waals surface area contributed by atoms with Gasteiger partial charge in [0.15, 0.2) is 5.78 Å². The number of ketones is 1. The van der Waals surface area contributed by atoms with Gasteiger partial charge in [0.1, 0.15) is 0 Å². The number of hydrogen-bond acceptors (Lipinski definition) is 2. The monoisotopic (exact) mass is 248 g/mol. The van der Waals surface area contributed by atoms with Crippen molar-refractivity contribution < 1.29 is 4.79 Å². The van der Waals surface area contributed by atoms with E-state index < -0.39 is 0 Å². The largest absolute Gasteiger partial charge is 0.294 e. The third-order valence-corrected chi connectivity index (χ3v) is 2.94. The predicted octanol–water partition coefficient (Wildman–Crippen LogP) is 3.93. The number of carbonyl (C=O) groups is 1. The summed E-state index contributed by atoms with van der Waals surface area (Å²) in [4.78, 5) is 11.6. The highest BCUT2D eigenvalue weighted by Gasteiger charge is 2.10. The quantitative estimate of drug-likeness (QED) is 0.752. The van der Waals surface area contributed by atoms with E-state index >= 15 is 0 Å². The van der Waals surface area contributed by atoms with Crippen LogP contribution in [0.15, 0.2) is 18.2 Å². The van der Waals surface area contributed by atoms with Crippen LogP contribution in [0, 0.1) is 0 Å². The second-order valence-corrected chi connectivity index (χ2v) is 4.62. The van der Waals surface area contributed by atoms with Gasteiger partial charge in [-0.25, -0.2) is 0 Å². The first-order valence-corrected chi connectivity index (χ1v) is 6.27. The van der Waals surface area contributed by atoms with Crippen molar-refractivity contribution in [3.63, 3.8) is 0 Å². The summed E-state index contributed by atoms with van der Waals surface area (Å²) < 4.78 is 0. The van der Waals surface area contributed by atoms with Crippen LogP contribution in [0.25, 0.3) is 0 Å². The zero-order valence-corrected chi connectivity index (χ0v) is 10.0. The van der Waals surface area contributed by atoms with E-state index in [0.717, 1.165) is 5.75 Å². The lowest BCUT2D eigenvalue weighted by molar-refractivity contribution is 0.0989. The van der Waals surface area contributed by atoms with Gasteiger partial charge in [-0.05, 0) is 24.5 Å². The van der Waals surface area contributed by atoms with E-state index in [-0.39, 0.29) is 5.78 Å². The van der Waals surface area contributed by atoms with Crippen LogP contribution in [0.5, 0.6) is 0 Å². The van der Waals surface area contributed by atoms with Crippen molar-refractivity contribution in [2.45, 2.75) is 6.42 Å². The van der Waals surface area contributed by atoms with E-state index in [0.29, 0.717) is 22.0 Å². The van der Waals surface area contributed by atoms with Crippen LogP contribution in [0.3, 0.4) is 0 Å². The van der Waals surface area contributed by atoms with Crippen LogP contribution in [0.4, 0.5) is 0 Å². The van der Waals surface area contributed by atoms with Crippen molar-refractivity contribution in [1.82, 2.24) is 0 Å². The number of halogens is 2. The summed E-state index contributed by atoms with van der Waals surface area (Å²) in [7, 11) is 0. The molecular weight excluding hydrogens is 239 g/mol. The standard InChI is InChI=1S/C10H10Cl2OS/c1-14-5-4-10(13)8-6-7(11)2-3-9(8)12/h2-3,6H,4-5H2,1H3. The van der Waals surface area contributed by atoms with Crippen LogP contribution in [-0.4, -0.2) is 17.8 Å². The minimum atomic E-state index is 0.0480. The molecule has 0 radical (unpaired) electrons. The lowest BCUT2D eigenvalue weighted by Gasteiger charge is -2.02. The van der Waals surface area contributed by atoms with Gasteiger partial charge in [0.25, 0.3) is 0 Å². The molecule has 0 saturated heterocycles. The lowest BCUT2D eigenvalue weighted by atomic mass is 10.1. The molecule has 1 rings (SSSR count).